The maximum atomic E-state index is 6.50. The fraction of sp³-hybridized carbons (Fsp3) is 0.333. The van der Waals surface area contributed by atoms with Crippen molar-refractivity contribution < 1.29 is 0 Å². The minimum atomic E-state index is -0.308. The normalized spacial score (nSPS) is 31.6. The molecule has 82 valence electrons. The molecule has 1 aromatic carbocycles. The van der Waals surface area contributed by atoms with Crippen molar-refractivity contribution in [3.63, 3.8) is 0 Å². The minimum absolute atomic E-state index is 0.308. The average Bonchev–Trinajstić information content (AvgIpc) is 2.49. The zero-order valence-corrected chi connectivity index (χ0v) is 9.83. The molecule has 0 aromatic heterocycles. The van der Waals surface area contributed by atoms with Crippen LogP contribution in [0, 0.1) is 5.92 Å². The molecule has 2 atom stereocenters. The van der Waals surface area contributed by atoms with E-state index in [0.29, 0.717) is 5.92 Å². The quantitative estimate of drug-likeness (QED) is 0.700. The van der Waals surface area contributed by atoms with E-state index in [2.05, 4.69) is 50.3 Å². The highest BCUT2D eigenvalue weighted by molar-refractivity contribution is 5.90. The summed E-state index contributed by atoms with van der Waals surface area (Å²) < 4.78 is 0. The van der Waals surface area contributed by atoms with Gasteiger partial charge in [0, 0.05) is 0 Å². The second-order valence-electron chi connectivity index (χ2n) is 5.16. The number of allylic oxidation sites excluding steroid dienone is 2. The fourth-order valence-electron chi connectivity index (χ4n) is 2.88. The van der Waals surface area contributed by atoms with Crippen molar-refractivity contribution in [2.75, 3.05) is 0 Å². The summed E-state index contributed by atoms with van der Waals surface area (Å²) in [5, 5.41) is 0. The SMILES string of the molecule is CC1C=C2C(=CC1)c1ccccc1C2(C)N. The molecule has 1 heteroatoms. The molecule has 0 heterocycles. The Morgan fingerprint density at radius 3 is 2.88 bits per heavy atom. The van der Waals surface area contributed by atoms with Crippen LogP contribution in [0.5, 0.6) is 0 Å². The smallest absolute Gasteiger partial charge is 0.0645 e. The molecular weight excluding hydrogens is 194 g/mol. The molecule has 2 unspecified atom stereocenters. The molecule has 0 fully saturated rings. The topological polar surface area (TPSA) is 26.0 Å². The lowest BCUT2D eigenvalue weighted by atomic mass is 9.85. The van der Waals surface area contributed by atoms with E-state index in [1.165, 1.54) is 22.3 Å². The lowest BCUT2D eigenvalue weighted by Gasteiger charge is -2.25. The lowest BCUT2D eigenvalue weighted by molar-refractivity contribution is 0.602. The van der Waals surface area contributed by atoms with Crippen LogP contribution >= 0.6 is 0 Å². The first-order valence-electron chi connectivity index (χ1n) is 5.92. The Kier molecular flexibility index (Phi) is 1.90. The highest BCUT2D eigenvalue weighted by atomic mass is 14.8. The molecule has 0 radical (unpaired) electrons. The van der Waals surface area contributed by atoms with Crippen LogP contribution in [-0.2, 0) is 5.54 Å². The van der Waals surface area contributed by atoms with Crippen LogP contribution in [0.3, 0.4) is 0 Å². The summed E-state index contributed by atoms with van der Waals surface area (Å²) in [6.07, 6.45) is 5.82. The maximum Gasteiger partial charge on any atom is 0.0645 e. The van der Waals surface area contributed by atoms with Crippen LogP contribution in [0.1, 0.15) is 31.4 Å². The molecular formula is C15H17N. The number of hydrogen-bond acceptors (Lipinski definition) is 1. The molecule has 0 amide bonds. The first-order chi connectivity index (χ1) is 7.60. The van der Waals surface area contributed by atoms with E-state index >= 15 is 0 Å². The Morgan fingerprint density at radius 1 is 1.31 bits per heavy atom. The van der Waals surface area contributed by atoms with Gasteiger partial charge in [-0.15, -0.1) is 0 Å². The highest BCUT2D eigenvalue weighted by Gasteiger charge is 2.39. The summed E-state index contributed by atoms with van der Waals surface area (Å²) in [6.45, 7) is 4.37. The molecule has 2 aliphatic carbocycles. The van der Waals surface area contributed by atoms with E-state index in [9.17, 15) is 0 Å². The van der Waals surface area contributed by atoms with E-state index in [1.54, 1.807) is 0 Å². The van der Waals surface area contributed by atoms with Crippen molar-refractivity contribution in [3.8, 4) is 0 Å². The van der Waals surface area contributed by atoms with E-state index in [-0.39, 0.29) is 5.54 Å². The second kappa shape index (κ2) is 3.08. The van der Waals surface area contributed by atoms with Crippen molar-refractivity contribution in [1.82, 2.24) is 0 Å². The predicted molar refractivity (Wildman–Crippen MR) is 67.8 cm³/mol. The first-order valence-corrected chi connectivity index (χ1v) is 5.92. The van der Waals surface area contributed by atoms with Crippen molar-refractivity contribution in [2.24, 2.45) is 11.7 Å². The van der Waals surface area contributed by atoms with Gasteiger partial charge in [0.15, 0.2) is 0 Å². The Bertz CT molecular complexity index is 506. The minimum Gasteiger partial charge on any atom is -0.318 e. The summed E-state index contributed by atoms with van der Waals surface area (Å²) in [4.78, 5) is 0. The van der Waals surface area contributed by atoms with Gasteiger partial charge in [-0.1, -0.05) is 43.3 Å². The van der Waals surface area contributed by atoms with Gasteiger partial charge in [0.2, 0.25) is 0 Å². The number of hydrogen-bond donors (Lipinski definition) is 1. The van der Waals surface area contributed by atoms with Crippen LogP contribution in [0.25, 0.3) is 5.57 Å². The average molecular weight is 211 g/mol. The van der Waals surface area contributed by atoms with Gasteiger partial charge < -0.3 is 5.73 Å². The summed E-state index contributed by atoms with van der Waals surface area (Å²) in [5.41, 5.74) is 11.5. The monoisotopic (exact) mass is 211 g/mol. The standard InChI is InChI=1S/C15H17N/c1-10-7-8-12-11-5-3-4-6-13(11)15(2,16)14(12)9-10/h3-6,8-10H,7,16H2,1-2H3. The molecule has 0 spiro atoms. The van der Waals surface area contributed by atoms with E-state index in [1.807, 2.05) is 0 Å². The third-order valence-electron chi connectivity index (χ3n) is 3.77. The Labute approximate surface area is 96.7 Å². The zero-order valence-electron chi connectivity index (χ0n) is 9.83. The van der Waals surface area contributed by atoms with Gasteiger partial charge in [0.25, 0.3) is 0 Å². The third-order valence-corrected chi connectivity index (χ3v) is 3.77. The molecule has 0 bridgehead atoms. The molecule has 1 nitrogen and oxygen atoms in total. The van der Waals surface area contributed by atoms with E-state index < -0.39 is 0 Å². The van der Waals surface area contributed by atoms with E-state index in [0.717, 1.165) is 6.42 Å². The van der Waals surface area contributed by atoms with E-state index in [4.69, 9.17) is 5.73 Å². The fourth-order valence-corrected chi connectivity index (χ4v) is 2.88. The Morgan fingerprint density at radius 2 is 2.06 bits per heavy atom. The number of rotatable bonds is 0. The van der Waals surface area contributed by atoms with Gasteiger partial charge in [0.05, 0.1) is 5.54 Å². The van der Waals surface area contributed by atoms with Crippen molar-refractivity contribution >= 4 is 5.57 Å². The Balaban J connectivity index is 2.28. The van der Waals surface area contributed by atoms with Crippen LogP contribution < -0.4 is 5.73 Å². The van der Waals surface area contributed by atoms with Crippen LogP contribution in [0.15, 0.2) is 42.0 Å². The Hall–Kier alpha value is -1.34. The number of benzene rings is 1. The maximum absolute atomic E-state index is 6.50. The van der Waals surface area contributed by atoms with Gasteiger partial charge in [-0.3, -0.25) is 0 Å². The second-order valence-corrected chi connectivity index (χ2v) is 5.16. The summed E-state index contributed by atoms with van der Waals surface area (Å²) in [7, 11) is 0. The number of nitrogens with two attached hydrogens (primary N) is 1. The molecule has 0 aliphatic heterocycles. The highest BCUT2D eigenvalue weighted by Crippen LogP contribution is 2.48. The van der Waals surface area contributed by atoms with Crippen molar-refractivity contribution in [1.29, 1.82) is 0 Å². The van der Waals surface area contributed by atoms with Gasteiger partial charge in [-0.2, -0.15) is 0 Å². The summed E-state index contributed by atoms with van der Waals surface area (Å²) >= 11 is 0. The number of fused-ring (bicyclic) bond motifs is 3. The summed E-state index contributed by atoms with van der Waals surface area (Å²) in [6, 6.07) is 8.51. The predicted octanol–water partition coefficient (Wildman–Crippen LogP) is 3.22. The largest absolute Gasteiger partial charge is 0.318 e. The molecule has 2 N–H and O–H groups in total. The van der Waals surface area contributed by atoms with Crippen LogP contribution in [0.2, 0.25) is 0 Å². The molecule has 0 saturated carbocycles. The molecule has 3 rings (SSSR count). The summed E-state index contributed by atoms with van der Waals surface area (Å²) in [5.74, 6) is 0.607. The zero-order chi connectivity index (χ0) is 11.3. The molecule has 1 aromatic rings. The molecule has 2 aliphatic rings. The third kappa shape index (κ3) is 1.15. The van der Waals surface area contributed by atoms with Crippen molar-refractivity contribution in [3.05, 3.63) is 53.1 Å². The van der Waals surface area contributed by atoms with Gasteiger partial charge in [0.1, 0.15) is 0 Å². The lowest BCUT2D eigenvalue weighted by Crippen LogP contribution is -2.32. The van der Waals surface area contributed by atoms with Crippen LogP contribution in [-0.4, -0.2) is 0 Å². The van der Waals surface area contributed by atoms with Gasteiger partial charge >= 0.3 is 0 Å². The van der Waals surface area contributed by atoms with Gasteiger partial charge in [-0.05, 0) is 41.5 Å². The van der Waals surface area contributed by atoms with Crippen LogP contribution in [0.4, 0.5) is 0 Å². The van der Waals surface area contributed by atoms with Gasteiger partial charge in [-0.25, -0.2) is 0 Å². The first kappa shape index (κ1) is 9.86. The van der Waals surface area contributed by atoms with Crippen molar-refractivity contribution in [2.45, 2.75) is 25.8 Å². The molecule has 0 saturated heterocycles. The molecule has 16 heavy (non-hydrogen) atoms.